The Labute approximate surface area is 102 Å². The molecule has 2 nitrogen and oxygen atoms in total. The summed E-state index contributed by atoms with van der Waals surface area (Å²) in [7, 11) is 0. The van der Waals surface area contributed by atoms with Crippen LogP contribution >= 0.6 is 0 Å². The van der Waals surface area contributed by atoms with Crippen LogP contribution in [0, 0.1) is 6.92 Å². The van der Waals surface area contributed by atoms with Gasteiger partial charge in [0.25, 0.3) is 0 Å². The topological polar surface area (TPSA) is 17.8 Å². The largest absolute Gasteiger partial charge is 0.409 e. The van der Waals surface area contributed by atoms with E-state index in [1.54, 1.807) is 17.8 Å². The number of aryl methyl sites for hydroxylation is 1. The Morgan fingerprint density at radius 2 is 1.83 bits per heavy atom. The van der Waals surface area contributed by atoms with Crippen LogP contribution in [0.2, 0.25) is 0 Å². The highest BCUT2D eigenvalue weighted by atomic mass is 19.4. The second-order valence-corrected chi connectivity index (χ2v) is 3.82. The average molecular weight is 252 g/mol. The van der Waals surface area contributed by atoms with E-state index in [4.69, 9.17) is 0 Å². The molecule has 0 saturated heterocycles. The fourth-order valence-corrected chi connectivity index (χ4v) is 1.53. The molecule has 5 heteroatoms. The quantitative estimate of drug-likeness (QED) is 0.795. The van der Waals surface area contributed by atoms with Gasteiger partial charge in [0, 0.05) is 17.8 Å². The highest BCUT2D eigenvalue weighted by molar-refractivity contribution is 5.52. The Bertz CT molecular complexity index is 553. The van der Waals surface area contributed by atoms with Crippen LogP contribution in [0.25, 0.3) is 11.8 Å². The summed E-state index contributed by atoms with van der Waals surface area (Å²) in [5, 5.41) is 4.18. The van der Waals surface area contributed by atoms with Crippen LogP contribution in [0.1, 0.15) is 11.3 Å². The molecule has 0 aliphatic rings. The van der Waals surface area contributed by atoms with Crippen LogP contribution in [-0.4, -0.2) is 16.0 Å². The Morgan fingerprint density at radius 3 is 2.44 bits per heavy atom. The Balaban J connectivity index is 2.31. The van der Waals surface area contributed by atoms with E-state index >= 15 is 0 Å². The van der Waals surface area contributed by atoms with Crippen molar-refractivity contribution >= 4 is 6.08 Å². The molecule has 0 amide bonds. The summed E-state index contributed by atoms with van der Waals surface area (Å²) >= 11 is 0. The van der Waals surface area contributed by atoms with Crippen molar-refractivity contribution in [1.29, 1.82) is 0 Å². The van der Waals surface area contributed by atoms with Crippen molar-refractivity contribution < 1.29 is 13.2 Å². The van der Waals surface area contributed by atoms with E-state index in [1.165, 1.54) is 0 Å². The van der Waals surface area contributed by atoms with Crippen LogP contribution in [0.15, 0.2) is 42.6 Å². The number of hydrogen-bond acceptors (Lipinski definition) is 1. The molecule has 0 radical (unpaired) electrons. The van der Waals surface area contributed by atoms with Gasteiger partial charge in [0.1, 0.15) is 0 Å². The SMILES string of the molecule is Cc1nn(-c2ccccc2)cc1/C=C/C(F)(F)F. The summed E-state index contributed by atoms with van der Waals surface area (Å²) in [5.41, 5.74) is 1.82. The zero-order valence-corrected chi connectivity index (χ0v) is 9.65. The maximum absolute atomic E-state index is 12.1. The van der Waals surface area contributed by atoms with Crippen molar-refractivity contribution in [3.8, 4) is 5.69 Å². The standard InChI is InChI=1S/C13H11F3N2/c1-10-11(7-8-13(14,15)16)9-18(17-10)12-5-3-2-4-6-12/h2-9H,1H3/b8-7+. The number of halogens is 3. The highest BCUT2D eigenvalue weighted by Gasteiger charge is 2.22. The first-order valence-electron chi connectivity index (χ1n) is 5.33. The van der Waals surface area contributed by atoms with Gasteiger partial charge in [-0.1, -0.05) is 18.2 Å². The van der Waals surface area contributed by atoms with E-state index in [1.807, 2.05) is 30.3 Å². The molecule has 0 atom stereocenters. The first-order valence-corrected chi connectivity index (χ1v) is 5.33. The molecular weight excluding hydrogens is 241 g/mol. The van der Waals surface area contributed by atoms with E-state index < -0.39 is 6.18 Å². The molecule has 0 fully saturated rings. The number of nitrogens with zero attached hydrogens (tertiary/aromatic N) is 2. The zero-order valence-electron chi connectivity index (χ0n) is 9.65. The minimum atomic E-state index is -4.30. The third-order valence-electron chi connectivity index (χ3n) is 2.41. The third kappa shape index (κ3) is 3.00. The maximum Gasteiger partial charge on any atom is 0.409 e. The zero-order chi connectivity index (χ0) is 13.2. The number of benzene rings is 1. The molecule has 1 aromatic carbocycles. The van der Waals surface area contributed by atoms with Gasteiger partial charge in [-0.25, -0.2) is 4.68 Å². The number of allylic oxidation sites excluding steroid dienone is 1. The summed E-state index contributed by atoms with van der Waals surface area (Å²) in [6.45, 7) is 1.68. The second-order valence-electron chi connectivity index (χ2n) is 3.82. The molecule has 0 aliphatic heterocycles. The Kier molecular flexibility index (Phi) is 3.23. The van der Waals surface area contributed by atoms with Gasteiger partial charge in [0.05, 0.1) is 11.4 Å². The van der Waals surface area contributed by atoms with Gasteiger partial charge in [-0.15, -0.1) is 0 Å². The summed E-state index contributed by atoms with van der Waals surface area (Å²) in [6, 6.07) is 9.23. The van der Waals surface area contributed by atoms with Crippen LogP contribution in [0.5, 0.6) is 0 Å². The number of para-hydroxylation sites is 1. The number of rotatable bonds is 2. The lowest BCUT2D eigenvalue weighted by molar-refractivity contribution is -0.0790. The molecule has 0 aliphatic carbocycles. The molecule has 1 heterocycles. The predicted molar refractivity (Wildman–Crippen MR) is 63.4 cm³/mol. The molecule has 94 valence electrons. The number of hydrogen-bond donors (Lipinski definition) is 0. The van der Waals surface area contributed by atoms with Gasteiger partial charge in [0.2, 0.25) is 0 Å². The van der Waals surface area contributed by atoms with Gasteiger partial charge < -0.3 is 0 Å². The summed E-state index contributed by atoms with van der Waals surface area (Å²) in [4.78, 5) is 0. The minimum Gasteiger partial charge on any atom is -0.240 e. The fraction of sp³-hybridized carbons (Fsp3) is 0.154. The number of aromatic nitrogens is 2. The van der Waals surface area contributed by atoms with Gasteiger partial charge in [0.15, 0.2) is 0 Å². The van der Waals surface area contributed by atoms with Gasteiger partial charge in [-0.2, -0.15) is 18.3 Å². The molecule has 0 spiro atoms. The van der Waals surface area contributed by atoms with Crippen LogP contribution in [0.3, 0.4) is 0 Å². The minimum absolute atomic E-state index is 0.215. The molecule has 0 bridgehead atoms. The van der Waals surface area contributed by atoms with Crippen LogP contribution < -0.4 is 0 Å². The van der Waals surface area contributed by atoms with Gasteiger partial charge in [-0.3, -0.25) is 0 Å². The van der Waals surface area contributed by atoms with E-state index in [-0.39, 0.29) is 6.08 Å². The van der Waals surface area contributed by atoms with E-state index in [2.05, 4.69) is 5.10 Å². The summed E-state index contributed by atoms with van der Waals surface area (Å²) < 4.78 is 37.8. The van der Waals surface area contributed by atoms with Crippen molar-refractivity contribution in [2.75, 3.05) is 0 Å². The van der Waals surface area contributed by atoms with Crippen molar-refractivity contribution in [2.24, 2.45) is 0 Å². The van der Waals surface area contributed by atoms with E-state index in [0.29, 0.717) is 11.3 Å². The van der Waals surface area contributed by atoms with Gasteiger partial charge in [-0.05, 0) is 25.1 Å². The molecular formula is C13H11F3N2. The smallest absolute Gasteiger partial charge is 0.240 e. The molecule has 0 N–H and O–H groups in total. The second kappa shape index (κ2) is 4.68. The Morgan fingerprint density at radius 1 is 1.17 bits per heavy atom. The summed E-state index contributed by atoms with van der Waals surface area (Å²) in [5.74, 6) is 0. The van der Waals surface area contributed by atoms with Crippen molar-refractivity contribution in [3.63, 3.8) is 0 Å². The summed E-state index contributed by atoms with van der Waals surface area (Å²) in [6.07, 6.45) is -1.48. The van der Waals surface area contributed by atoms with E-state index in [9.17, 15) is 13.2 Å². The predicted octanol–water partition coefficient (Wildman–Crippen LogP) is 3.76. The third-order valence-corrected chi connectivity index (χ3v) is 2.41. The van der Waals surface area contributed by atoms with E-state index in [0.717, 1.165) is 11.8 Å². The number of alkyl halides is 3. The molecule has 2 rings (SSSR count). The fourth-order valence-electron chi connectivity index (χ4n) is 1.53. The molecule has 0 saturated carbocycles. The first kappa shape index (κ1) is 12.4. The van der Waals surface area contributed by atoms with Crippen LogP contribution in [0.4, 0.5) is 13.2 Å². The molecule has 1 aromatic heterocycles. The molecule has 18 heavy (non-hydrogen) atoms. The maximum atomic E-state index is 12.1. The molecule has 2 aromatic rings. The van der Waals surface area contributed by atoms with Gasteiger partial charge >= 0.3 is 6.18 Å². The first-order chi connectivity index (χ1) is 8.46. The average Bonchev–Trinajstić information content (AvgIpc) is 2.68. The van der Waals surface area contributed by atoms with Crippen molar-refractivity contribution in [1.82, 2.24) is 9.78 Å². The van der Waals surface area contributed by atoms with Crippen LogP contribution in [-0.2, 0) is 0 Å². The molecule has 0 unspecified atom stereocenters. The lowest BCUT2D eigenvalue weighted by Crippen LogP contribution is -2.00. The lowest BCUT2D eigenvalue weighted by Gasteiger charge is -1.98. The van der Waals surface area contributed by atoms with Crippen molar-refractivity contribution in [3.05, 3.63) is 53.9 Å². The highest BCUT2D eigenvalue weighted by Crippen LogP contribution is 2.20. The van der Waals surface area contributed by atoms with Crippen molar-refractivity contribution in [2.45, 2.75) is 13.1 Å². The lowest BCUT2D eigenvalue weighted by atomic mass is 10.2. The monoisotopic (exact) mass is 252 g/mol. The Hall–Kier alpha value is -2.04. The normalized spacial score (nSPS) is 12.2.